The summed E-state index contributed by atoms with van der Waals surface area (Å²) < 4.78 is 4.48. The molecule has 15 rings (SSSR count). The number of benzene rings is 5. The Kier molecular flexibility index (Phi) is 2.49. The van der Waals surface area contributed by atoms with Crippen LogP contribution in [0, 0.1) is 0 Å². The van der Waals surface area contributed by atoms with E-state index >= 15 is 0 Å². The van der Waals surface area contributed by atoms with Crippen LogP contribution in [0.25, 0.3) is 0 Å². The second kappa shape index (κ2) is 4.71. The van der Waals surface area contributed by atoms with Crippen LogP contribution >= 0.6 is 16.0 Å². The van der Waals surface area contributed by atoms with Gasteiger partial charge in [0.05, 0.1) is 0 Å². The van der Waals surface area contributed by atoms with Crippen LogP contribution in [-0.2, 0) is 6.51 Å². The molecule has 10 saturated heterocycles. The number of fused-ring (bicyclic) bond motifs is 10. The summed E-state index contributed by atoms with van der Waals surface area (Å²) in [5, 5.41) is 6.44. The molecule has 5 aromatic rings. The molecule has 0 N–H and O–H groups in total. The van der Waals surface area contributed by atoms with Gasteiger partial charge < -0.3 is 0 Å². The summed E-state index contributed by atoms with van der Waals surface area (Å²) >= 11 is 0. The van der Waals surface area contributed by atoms with Gasteiger partial charge in [0.1, 0.15) is 0 Å². The summed E-state index contributed by atoms with van der Waals surface area (Å²) in [5.74, 6) is 0. The van der Waals surface area contributed by atoms with Gasteiger partial charge in [0.15, 0.2) is 0 Å². The molecule has 0 aliphatic carbocycles. The molecule has 10 fully saturated rings. The molecule has 0 aromatic heterocycles. The van der Waals surface area contributed by atoms with Gasteiger partial charge in [0.2, 0.25) is 0 Å². The van der Waals surface area contributed by atoms with Crippen molar-refractivity contribution in [2.75, 3.05) is 0 Å². The van der Waals surface area contributed by atoms with Crippen LogP contribution in [0.4, 0.5) is 0 Å². The van der Waals surface area contributed by atoms with Crippen LogP contribution in [0.5, 0.6) is 0 Å². The molecule has 48 heavy (non-hydrogen) atoms. The SMILES string of the molecule is C[C@@H](c1ccccc1)N([C@H](C)[C@@]12[CH]3[CH]4[CH]5[C]1(P(c1ccccc1)c1ccccc1)[Fe]45321678[CH]2[CH]1[CH]6[CH]7[CH]28)P(c1ccccc1)c1ccccc1. The van der Waals surface area contributed by atoms with Crippen molar-refractivity contribution in [3.63, 3.8) is 0 Å². The summed E-state index contributed by atoms with van der Waals surface area (Å²) in [6, 6.07) is 60.2. The van der Waals surface area contributed by atoms with Gasteiger partial charge in [-0.05, 0) is 0 Å². The summed E-state index contributed by atoms with van der Waals surface area (Å²) in [6.07, 6.45) is 0. The Morgan fingerprint density at radius 3 is 1.29 bits per heavy atom. The quantitative estimate of drug-likeness (QED) is 0.104. The van der Waals surface area contributed by atoms with E-state index in [0.717, 1.165) is 0 Å². The van der Waals surface area contributed by atoms with Crippen LogP contribution in [-0.4, -0.2) is 14.8 Å². The van der Waals surface area contributed by atoms with E-state index < -0.39 is 22.5 Å². The van der Waals surface area contributed by atoms with E-state index in [0.29, 0.717) is 20.5 Å². The summed E-state index contributed by atoms with van der Waals surface area (Å²) in [4.78, 5) is 9.79. The first-order valence-electron chi connectivity index (χ1n) is 18.3. The third-order valence-corrected chi connectivity index (χ3v) is 75.1. The maximum absolute atomic E-state index is 4.02. The number of hydrogen-bond donors (Lipinski definition) is 0. The van der Waals surface area contributed by atoms with Gasteiger partial charge >= 0.3 is 278 Å². The predicted octanol–water partition coefficient (Wildman–Crippen LogP) is 10.3. The van der Waals surface area contributed by atoms with E-state index in [9.17, 15) is 0 Å². The van der Waals surface area contributed by atoms with Gasteiger partial charge in [-0.3, -0.25) is 0 Å². The molecule has 4 heteroatoms. The fourth-order valence-electron chi connectivity index (χ4n) is 23.4. The first-order chi connectivity index (χ1) is 23.4. The summed E-state index contributed by atoms with van der Waals surface area (Å²) in [5.41, 5.74) is 1.48. The van der Waals surface area contributed by atoms with Crippen molar-refractivity contribution < 1.29 is 6.51 Å². The zero-order valence-corrected chi connectivity index (χ0v) is 30.3. The predicted molar refractivity (Wildman–Crippen MR) is 200 cm³/mol. The van der Waals surface area contributed by atoms with Crippen molar-refractivity contribution in [1.29, 1.82) is 0 Å². The monoisotopic (exact) mass is 701 g/mol. The standard InChI is InChI=1S/C39H36NP2.C5H5.Fe/c1-31(33-19-8-3-9-20-33)40(42(36-25-14-6-15-26-36)37-27-16-7-17-28-37)32(2)38-29-18-30-39(38)41(34-21-10-4-11-22-34)35-23-12-5-13-24-35;1-2-4-5-3-1;/h3-32H,1-2H3;1-5H;/t31-,32+;;/m0../s1. The first kappa shape index (κ1) is 25.4. The Labute approximate surface area is 277 Å². The average molecular weight is 702 g/mol. The van der Waals surface area contributed by atoms with Crippen LogP contribution in [0.3, 0.4) is 0 Å². The zero-order chi connectivity index (χ0) is 31.4. The Morgan fingerprint density at radius 1 is 0.500 bits per heavy atom. The van der Waals surface area contributed by atoms with Crippen molar-refractivity contribution in [2.24, 2.45) is 0 Å². The summed E-state index contributed by atoms with van der Waals surface area (Å²) in [7, 11) is -1.11. The van der Waals surface area contributed by atoms with Crippen molar-refractivity contribution in [1.82, 2.24) is 4.67 Å². The molecular weight excluding hydrogens is 660 g/mol. The average Bonchev–Trinajstić information content (AvgIpc) is 4.11. The zero-order valence-electron chi connectivity index (χ0n) is 27.4. The molecule has 0 amide bonds. The third kappa shape index (κ3) is 0.822. The number of nitrogens with zero attached hydrogens (tertiary/aromatic N) is 1. The van der Waals surface area contributed by atoms with Crippen molar-refractivity contribution in [3.8, 4) is 0 Å². The maximum atomic E-state index is 3.20. The van der Waals surface area contributed by atoms with Crippen LogP contribution in [0.15, 0.2) is 152 Å². The second-order valence-corrected chi connectivity index (χ2v) is 47.1. The van der Waals surface area contributed by atoms with Gasteiger partial charge in [-0.25, -0.2) is 0 Å². The Hall–Kier alpha value is -2.56. The molecule has 0 saturated carbocycles. The van der Waals surface area contributed by atoms with Crippen LogP contribution < -0.4 is 21.2 Å². The molecule has 0 radical (unpaired) electrons. The Bertz CT molecular complexity index is 2510. The van der Waals surface area contributed by atoms with Crippen LogP contribution in [0.2, 0.25) is 42.8 Å². The molecule has 1 nitrogen and oxygen atoms in total. The van der Waals surface area contributed by atoms with E-state index in [-0.39, 0.29) is 0 Å². The molecule has 5 aromatic carbocycles. The van der Waals surface area contributed by atoms with E-state index in [1.165, 1.54) is 54.7 Å². The molecule has 10 aliphatic heterocycles. The van der Waals surface area contributed by atoms with Crippen molar-refractivity contribution in [2.45, 2.75) is 72.8 Å². The molecule has 1 spiro atoms. The van der Waals surface area contributed by atoms with Gasteiger partial charge in [-0.15, -0.1) is 0 Å². The molecule has 7 atom stereocenters. The molecule has 10 aliphatic rings. The summed E-state index contributed by atoms with van der Waals surface area (Å²) in [6.45, 7) is 1.38. The van der Waals surface area contributed by atoms with Gasteiger partial charge in [-0.2, -0.15) is 0 Å². The third-order valence-electron chi connectivity index (χ3n) is 22.2. The van der Waals surface area contributed by atoms with E-state index in [4.69, 9.17) is 0 Å². The minimum atomic E-state index is -4.02. The second-order valence-electron chi connectivity index (χ2n) is 18.9. The molecular formula is C44H41FeNP2. The Morgan fingerprint density at radius 2 is 0.896 bits per heavy atom. The minimum absolute atomic E-state index is 0.352. The first-order valence-corrected chi connectivity index (χ1v) is 27.1. The van der Waals surface area contributed by atoms with Crippen LogP contribution in [0.1, 0.15) is 25.5 Å². The topological polar surface area (TPSA) is 3.24 Å². The van der Waals surface area contributed by atoms with Crippen molar-refractivity contribution in [3.05, 3.63) is 157 Å². The fraction of sp³-hybridized carbons (Fsp3) is 0.318. The molecule has 4 unspecified atom stereocenters. The molecule has 10 heterocycles. The molecule has 0 bridgehead atoms. The van der Waals surface area contributed by atoms with E-state index in [1.54, 1.807) is 10.6 Å². The Balaban J connectivity index is 1.02. The fourth-order valence-corrected chi connectivity index (χ4v) is 118. The van der Waals surface area contributed by atoms with Gasteiger partial charge in [-0.1, -0.05) is 0 Å². The number of rotatable bonds is 10. The van der Waals surface area contributed by atoms with E-state index in [2.05, 4.69) is 170 Å². The normalized spacial score (nSPS) is 52.8. The van der Waals surface area contributed by atoms with Gasteiger partial charge in [0, 0.05) is 0 Å². The number of hydrogen-bond acceptors (Lipinski definition) is 1. The van der Waals surface area contributed by atoms with Crippen molar-refractivity contribution >= 4 is 37.2 Å². The van der Waals surface area contributed by atoms with Gasteiger partial charge in [0.25, 0.3) is 0 Å². The van der Waals surface area contributed by atoms with E-state index in [1.807, 2.05) is 0 Å². The molecule has 240 valence electrons.